The lowest BCUT2D eigenvalue weighted by atomic mass is 10.1. The Hall–Kier alpha value is -4.42. The van der Waals surface area contributed by atoms with Gasteiger partial charge in [-0.3, -0.25) is 4.98 Å². The molecule has 0 fully saturated rings. The lowest BCUT2D eigenvalue weighted by Gasteiger charge is -2.05. The molecule has 33 heavy (non-hydrogen) atoms. The van der Waals surface area contributed by atoms with Crippen LogP contribution in [0.1, 0.15) is 17.9 Å². The van der Waals surface area contributed by atoms with Crippen molar-refractivity contribution in [1.82, 2.24) is 35.4 Å². The van der Waals surface area contributed by atoms with E-state index in [9.17, 15) is 17.6 Å². The number of nitrogen functional groups attached to an aromatic ring is 1. The first kappa shape index (κ1) is 20.5. The first-order valence-corrected chi connectivity index (χ1v) is 9.40. The third-order valence-corrected chi connectivity index (χ3v) is 4.72. The summed E-state index contributed by atoms with van der Waals surface area (Å²) in [6, 6.07) is 8.72. The van der Waals surface area contributed by atoms with Gasteiger partial charge >= 0.3 is 6.43 Å². The van der Waals surface area contributed by atoms with Gasteiger partial charge in [0.25, 0.3) is 11.8 Å². The lowest BCUT2D eigenvalue weighted by molar-refractivity contribution is 0.116. The van der Waals surface area contributed by atoms with Crippen molar-refractivity contribution in [3.05, 3.63) is 65.7 Å². The fourth-order valence-electron chi connectivity index (χ4n) is 3.17. The van der Waals surface area contributed by atoms with E-state index in [0.29, 0.717) is 11.3 Å². The molecule has 166 valence electrons. The molecule has 9 nitrogen and oxygen atoms in total. The monoisotopic (exact) mass is 456 g/mol. The minimum atomic E-state index is -3.03. The standard InChI is InChI=1S/C20H12F4N8O/c21-14-6-13(19-28-29-20(33-19)17(23)24)15(22)5-11(14)8-32-30-18(27-31-32)9-1-2-16-10(3-9)4-12(25)7-26-16/h1-7,17H,8,25H2. The second-order valence-corrected chi connectivity index (χ2v) is 6.99. The minimum absolute atomic E-state index is 0.0933. The van der Waals surface area contributed by atoms with Crippen LogP contribution in [0.5, 0.6) is 0 Å². The number of tetrazole rings is 1. The number of benzene rings is 2. The van der Waals surface area contributed by atoms with Gasteiger partial charge in [-0.25, -0.2) is 8.78 Å². The summed E-state index contributed by atoms with van der Waals surface area (Å²) in [5, 5.41) is 19.3. The van der Waals surface area contributed by atoms with E-state index in [1.54, 1.807) is 30.5 Å². The molecule has 5 aromatic rings. The summed E-state index contributed by atoms with van der Waals surface area (Å²) in [7, 11) is 0. The van der Waals surface area contributed by atoms with Gasteiger partial charge in [0.2, 0.25) is 5.82 Å². The highest BCUT2D eigenvalue weighted by molar-refractivity contribution is 5.85. The van der Waals surface area contributed by atoms with Gasteiger partial charge in [-0.05, 0) is 41.6 Å². The largest absolute Gasteiger partial charge is 0.415 e. The van der Waals surface area contributed by atoms with Crippen LogP contribution in [0.15, 0.2) is 47.0 Å². The summed E-state index contributed by atoms with van der Waals surface area (Å²) in [6.07, 6.45) is -1.48. The third kappa shape index (κ3) is 3.95. The van der Waals surface area contributed by atoms with Gasteiger partial charge in [-0.2, -0.15) is 13.6 Å². The number of nitrogens with zero attached hydrogens (tertiary/aromatic N) is 7. The van der Waals surface area contributed by atoms with Crippen LogP contribution in [0, 0.1) is 11.6 Å². The topological polar surface area (TPSA) is 121 Å². The van der Waals surface area contributed by atoms with Crippen molar-refractivity contribution in [2.24, 2.45) is 0 Å². The maximum Gasteiger partial charge on any atom is 0.314 e. The quantitative estimate of drug-likeness (QED) is 0.397. The molecular weight excluding hydrogens is 444 g/mol. The predicted molar refractivity (Wildman–Crippen MR) is 107 cm³/mol. The molecule has 2 aromatic carbocycles. The Labute approximate surface area is 181 Å². The molecule has 0 saturated carbocycles. The average Bonchev–Trinajstić information content (AvgIpc) is 3.46. The van der Waals surface area contributed by atoms with Gasteiger partial charge in [-0.15, -0.1) is 20.4 Å². The van der Waals surface area contributed by atoms with E-state index in [-0.39, 0.29) is 17.9 Å². The van der Waals surface area contributed by atoms with Crippen molar-refractivity contribution >= 4 is 16.6 Å². The average molecular weight is 456 g/mol. The lowest BCUT2D eigenvalue weighted by Crippen LogP contribution is -2.07. The fourth-order valence-corrected chi connectivity index (χ4v) is 3.17. The molecule has 3 aromatic heterocycles. The Morgan fingerprint density at radius 3 is 2.64 bits per heavy atom. The van der Waals surface area contributed by atoms with E-state index in [4.69, 9.17) is 5.73 Å². The maximum atomic E-state index is 14.6. The van der Waals surface area contributed by atoms with E-state index >= 15 is 0 Å². The maximum absolute atomic E-state index is 14.6. The van der Waals surface area contributed by atoms with Gasteiger partial charge in [0.15, 0.2) is 0 Å². The van der Waals surface area contributed by atoms with Crippen LogP contribution in [0.25, 0.3) is 33.7 Å². The van der Waals surface area contributed by atoms with Crippen molar-refractivity contribution in [3.8, 4) is 22.8 Å². The highest BCUT2D eigenvalue weighted by atomic mass is 19.3. The summed E-state index contributed by atoms with van der Waals surface area (Å²) >= 11 is 0. The van der Waals surface area contributed by atoms with E-state index in [0.717, 1.165) is 27.8 Å². The van der Waals surface area contributed by atoms with Crippen molar-refractivity contribution in [3.63, 3.8) is 0 Å². The van der Waals surface area contributed by atoms with Crippen molar-refractivity contribution in [1.29, 1.82) is 0 Å². The number of hydrogen-bond acceptors (Lipinski definition) is 8. The first-order valence-electron chi connectivity index (χ1n) is 9.40. The Morgan fingerprint density at radius 2 is 1.85 bits per heavy atom. The van der Waals surface area contributed by atoms with Crippen molar-refractivity contribution < 1.29 is 22.0 Å². The van der Waals surface area contributed by atoms with E-state index in [1.807, 2.05) is 0 Å². The number of aromatic nitrogens is 7. The number of pyridine rings is 1. The van der Waals surface area contributed by atoms with Crippen LogP contribution in [-0.4, -0.2) is 35.4 Å². The summed E-state index contributed by atoms with van der Waals surface area (Å²) in [5.74, 6) is -3.05. The van der Waals surface area contributed by atoms with E-state index in [2.05, 4.69) is 35.0 Å². The van der Waals surface area contributed by atoms with Crippen LogP contribution < -0.4 is 5.73 Å². The van der Waals surface area contributed by atoms with Gasteiger partial charge < -0.3 is 10.2 Å². The summed E-state index contributed by atoms with van der Waals surface area (Å²) in [4.78, 5) is 5.31. The number of hydrogen-bond donors (Lipinski definition) is 1. The molecule has 0 aliphatic heterocycles. The van der Waals surface area contributed by atoms with Gasteiger partial charge in [0.1, 0.15) is 11.6 Å². The van der Waals surface area contributed by atoms with Gasteiger partial charge in [0, 0.05) is 16.5 Å². The SMILES string of the molecule is Nc1cnc2ccc(-c3nnn(Cc4cc(F)c(-c5nnc(C(F)F)o5)cc4F)n3)cc2c1. The van der Waals surface area contributed by atoms with Crippen LogP contribution in [0.4, 0.5) is 23.2 Å². The van der Waals surface area contributed by atoms with Crippen LogP contribution >= 0.6 is 0 Å². The summed E-state index contributed by atoms with van der Waals surface area (Å²) in [6.45, 7) is -0.232. The normalized spacial score (nSPS) is 11.5. The molecule has 0 atom stereocenters. The van der Waals surface area contributed by atoms with Crippen LogP contribution in [0.2, 0.25) is 0 Å². The van der Waals surface area contributed by atoms with Crippen molar-refractivity contribution in [2.75, 3.05) is 5.73 Å². The zero-order chi connectivity index (χ0) is 23.1. The Bertz CT molecular complexity index is 1480. The second-order valence-electron chi connectivity index (χ2n) is 6.99. The second kappa shape index (κ2) is 7.93. The number of rotatable bonds is 5. The smallest absolute Gasteiger partial charge is 0.314 e. The molecule has 2 N–H and O–H groups in total. The molecule has 0 saturated heterocycles. The molecule has 5 rings (SSSR count). The summed E-state index contributed by atoms with van der Waals surface area (Å²) < 4.78 is 59.0. The number of halogens is 4. The Morgan fingerprint density at radius 1 is 1.00 bits per heavy atom. The molecule has 0 bridgehead atoms. The molecule has 0 amide bonds. The number of anilines is 1. The van der Waals surface area contributed by atoms with Crippen molar-refractivity contribution in [2.45, 2.75) is 13.0 Å². The van der Waals surface area contributed by atoms with E-state index < -0.39 is 35.4 Å². The fraction of sp³-hybridized carbons (Fsp3) is 0.100. The highest BCUT2D eigenvalue weighted by Gasteiger charge is 2.21. The molecule has 0 aliphatic carbocycles. The van der Waals surface area contributed by atoms with Crippen LogP contribution in [-0.2, 0) is 6.54 Å². The molecule has 0 spiro atoms. The van der Waals surface area contributed by atoms with Crippen LogP contribution in [0.3, 0.4) is 0 Å². The number of alkyl halides is 2. The zero-order valence-electron chi connectivity index (χ0n) is 16.5. The number of nitrogens with two attached hydrogens (primary N) is 1. The Balaban J connectivity index is 1.40. The Kier molecular flexibility index (Phi) is 4.92. The third-order valence-electron chi connectivity index (χ3n) is 4.72. The molecule has 0 unspecified atom stereocenters. The zero-order valence-corrected chi connectivity index (χ0v) is 16.5. The minimum Gasteiger partial charge on any atom is -0.415 e. The molecule has 0 radical (unpaired) electrons. The first-order chi connectivity index (χ1) is 15.9. The summed E-state index contributed by atoms with van der Waals surface area (Å²) in [5.41, 5.74) is 7.11. The highest BCUT2D eigenvalue weighted by Crippen LogP contribution is 2.28. The van der Waals surface area contributed by atoms with Gasteiger partial charge in [-0.1, -0.05) is 0 Å². The molecule has 3 heterocycles. The predicted octanol–water partition coefficient (Wildman–Crippen LogP) is 3.78. The molecule has 13 heteroatoms. The molecule has 0 aliphatic rings. The van der Waals surface area contributed by atoms with Gasteiger partial charge in [0.05, 0.1) is 29.5 Å². The van der Waals surface area contributed by atoms with E-state index in [1.165, 1.54) is 0 Å². The molecular formula is C20H12F4N8O. The number of fused-ring (bicyclic) bond motifs is 1.